The summed E-state index contributed by atoms with van der Waals surface area (Å²) in [6.45, 7) is 10.3. The molecule has 0 radical (unpaired) electrons. The average molecular weight is 274 g/mol. The molecule has 0 saturated heterocycles. The molecule has 2 heteroatoms. The van der Waals surface area contributed by atoms with E-state index in [4.69, 9.17) is 4.74 Å². The number of carbonyl (C=O) groups excluding carboxylic acids is 1. The Labute approximate surface area is 122 Å². The normalized spacial score (nSPS) is 12.1. The second kappa shape index (κ2) is 7.28. The van der Waals surface area contributed by atoms with Gasteiger partial charge in [-0.2, -0.15) is 0 Å². The molecule has 110 valence electrons. The van der Waals surface area contributed by atoms with Crippen LogP contribution in [0.2, 0.25) is 0 Å². The Balaban J connectivity index is 2.45. The van der Waals surface area contributed by atoms with Crippen molar-refractivity contribution in [2.75, 3.05) is 6.61 Å². The Bertz CT molecular complexity index is 447. The highest BCUT2D eigenvalue weighted by atomic mass is 16.5. The molecule has 0 aromatic heterocycles. The Kier molecular flexibility index (Phi) is 6.00. The fourth-order valence-electron chi connectivity index (χ4n) is 1.76. The molecule has 0 unspecified atom stereocenters. The number of benzene rings is 1. The van der Waals surface area contributed by atoms with Gasteiger partial charge in [0.25, 0.3) is 0 Å². The Morgan fingerprint density at radius 3 is 2.30 bits per heavy atom. The van der Waals surface area contributed by atoms with E-state index in [1.54, 1.807) is 0 Å². The van der Waals surface area contributed by atoms with Crippen LogP contribution in [0.3, 0.4) is 0 Å². The summed E-state index contributed by atoms with van der Waals surface area (Å²) in [6, 6.07) is 8.50. The quantitative estimate of drug-likeness (QED) is 0.740. The van der Waals surface area contributed by atoms with Crippen LogP contribution in [-0.4, -0.2) is 12.6 Å². The standard InChI is InChI=1S/C18H26O2/c1-14(2)13-16-10-8-15(9-11-16)7-6-12-20-17(19)18(3,4)5/h6-11,14H,12-13H2,1-5H3/b7-6+. The highest BCUT2D eigenvalue weighted by Crippen LogP contribution is 2.15. The van der Waals surface area contributed by atoms with E-state index in [-0.39, 0.29) is 5.97 Å². The van der Waals surface area contributed by atoms with Gasteiger partial charge in [0.2, 0.25) is 0 Å². The van der Waals surface area contributed by atoms with Crippen LogP contribution in [0.1, 0.15) is 45.7 Å². The topological polar surface area (TPSA) is 26.3 Å². The van der Waals surface area contributed by atoms with E-state index in [0.717, 1.165) is 12.0 Å². The van der Waals surface area contributed by atoms with Crippen LogP contribution in [0.15, 0.2) is 30.3 Å². The minimum atomic E-state index is -0.438. The molecule has 0 heterocycles. The molecule has 0 aliphatic carbocycles. The first-order chi connectivity index (χ1) is 9.29. The van der Waals surface area contributed by atoms with Crippen molar-refractivity contribution >= 4 is 12.0 Å². The molecule has 20 heavy (non-hydrogen) atoms. The molecule has 0 aliphatic heterocycles. The van der Waals surface area contributed by atoms with E-state index < -0.39 is 5.41 Å². The van der Waals surface area contributed by atoms with Crippen LogP contribution in [0, 0.1) is 11.3 Å². The minimum absolute atomic E-state index is 0.172. The third-order valence-corrected chi connectivity index (χ3v) is 2.86. The zero-order chi connectivity index (χ0) is 15.2. The Morgan fingerprint density at radius 1 is 1.20 bits per heavy atom. The van der Waals surface area contributed by atoms with Crippen molar-refractivity contribution in [2.24, 2.45) is 11.3 Å². The summed E-state index contributed by atoms with van der Waals surface area (Å²) in [5, 5.41) is 0. The smallest absolute Gasteiger partial charge is 0.311 e. The van der Waals surface area contributed by atoms with E-state index in [1.807, 2.05) is 32.9 Å². The minimum Gasteiger partial charge on any atom is -0.461 e. The van der Waals surface area contributed by atoms with Crippen molar-refractivity contribution in [1.82, 2.24) is 0 Å². The van der Waals surface area contributed by atoms with E-state index in [1.165, 1.54) is 5.56 Å². The molecule has 0 spiro atoms. The van der Waals surface area contributed by atoms with Crippen molar-refractivity contribution in [1.29, 1.82) is 0 Å². The van der Waals surface area contributed by atoms with Crippen LogP contribution in [0.25, 0.3) is 6.08 Å². The molecule has 1 aromatic carbocycles. The summed E-state index contributed by atoms with van der Waals surface area (Å²) in [5.41, 5.74) is 2.05. The summed E-state index contributed by atoms with van der Waals surface area (Å²) < 4.78 is 5.18. The zero-order valence-corrected chi connectivity index (χ0v) is 13.3. The van der Waals surface area contributed by atoms with E-state index in [9.17, 15) is 4.79 Å². The van der Waals surface area contributed by atoms with Crippen molar-refractivity contribution in [3.63, 3.8) is 0 Å². The van der Waals surface area contributed by atoms with Gasteiger partial charge in [-0.1, -0.05) is 44.2 Å². The first-order valence-electron chi connectivity index (χ1n) is 7.22. The number of ether oxygens (including phenoxy) is 1. The van der Waals surface area contributed by atoms with Gasteiger partial charge in [0.05, 0.1) is 5.41 Å². The van der Waals surface area contributed by atoms with Gasteiger partial charge in [0.1, 0.15) is 6.61 Å². The van der Waals surface area contributed by atoms with E-state index in [0.29, 0.717) is 12.5 Å². The molecule has 0 amide bonds. The fraction of sp³-hybridized carbons (Fsp3) is 0.500. The van der Waals surface area contributed by atoms with Crippen LogP contribution < -0.4 is 0 Å². The third-order valence-electron chi connectivity index (χ3n) is 2.86. The number of rotatable bonds is 5. The predicted octanol–water partition coefficient (Wildman–Crippen LogP) is 4.49. The third kappa shape index (κ3) is 6.05. The maximum absolute atomic E-state index is 11.6. The van der Waals surface area contributed by atoms with Gasteiger partial charge in [-0.05, 0) is 50.3 Å². The van der Waals surface area contributed by atoms with Gasteiger partial charge in [-0.3, -0.25) is 4.79 Å². The zero-order valence-electron chi connectivity index (χ0n) is 13.3. The van der Waals surface area contributed by atoms with Gasteiger partial charge in [0.15, 0.2) is 0 Å². The van der Waals surface area contributed by atoms with E-state index >= 15 is 0 Å². The molecule has 0 N–H and O–H groups in total. The molecule has 0 atom stereocenters. The highest BCUT2D eigenvalue weighted by Gasteiger charge is 2.22. The number of hydrogen-bond acceptors (Lipinski definition) is 2. The van der Waals surface area contributed by atoms with Gasteiger partial charge in [-0.25, -0.2) is 0 Å². The molecular formula is C18H26O2. The maximum atomic E-state index is 11.6. The first kappa shape index (κ1) is 16.5. The molecule has 0 fully saturated rings. The monoisotopic (exact) mass is 274 g/mol. The molecule has 1 aromatic rings. The van der Waals surface area contributed by atoms with Gasteiger partial charge >= 0.3 is 5.97 Å². The first-order valence-corrected chi connectivity index (χ1v) is 7.22. The summed E-state index contributed by atoms with van der Waals surface area (Å²) in [7, 11) is 0. The van der Waals surface area contributed by atoms with Gasteiger partial charge < -0.3 is 4.74 Å². The molecular weight excluding hydrogens is 248 g/mol. The Hall–Kier alpha value is -1.57. The summed E-state index contributed by atoms with van der Waals surface area (Å²) >= 11 is 0. The van der Waals surface area contributed by atoms with Crippen LogP contribution in [0.5, 0.6) is 0 Å². The number of esters is 1. The van der Waals surface area contributed by atoms with Crippen molar-refractivity contribution in [3.05, 3.63) is 41.5 Å². The second-order valence-corrected chi connectivity index (χ2v) is 6.59. The molecule has 0 aliphatic rings. The molecule has 0 bridgehead atoms. The fourth-order valence-corrected chi connectivity index (χ4v) is 1.76. The molecule has 1 rings (SSSR count). The van der Waals surface area contributed by atoms with Crippen molar-refractivity contribution in [3.8, 4) is 0 Å². The molecule has 0 saturated carbocycles. The summed E-state index contributed by atoms with van der Waals surface area (Å²) in [6.07, 6.45) is 4.96. The van der Waals surface area contributed by atoms with Crippen LogP contribution in [-0.2, 0) is 16.0 Å². The lowest BCUT2D eigenvalue weighted by Gasteiger charge is -2.15. The summed E-state index contributed by atoms with van der Waals surface area (Å²) in [4.78, 5) is 11.6. The predicted molar refractivity (Wildman–Crippen MR) is 84.4 cm³/mol. The lowest BCUT2D eigenvalue weighted by atomic mass is 9.97. The lowest BCUT2D eigenvalue weighted by molar-refractivity contribution is -0.151. The van der Waals surface area contributed by atoms with Crippen LogP contribution >= 0.6 is 0 Å². The van der Waals surface area contributed by atoms with Gasteiger partial charge in [0, 0.05) is 0 Å². The largest absolute Gasteiger partial charge is 0.461 e. The Morgan fingerprint density at radius 2 is 1.80 bits per heavy atom. The van der Waals surface area contributed by atoms with Crippen LogP contribution in [0.4, 0.5) is 0 Å². The SMILES string of the molecule is CC(C)Cc1ccc(/C=C/COC(=O)C(C)(C)C)cc1. The van der Waals surface area contributed by atoms with Crippen molar-refractivity contribution in [2.45, 2.75) is 41.0 Å². The molecule has 2 nitrogen and oxygen atoms in total. The average Bonchev–Trinajstić information content (AvgIpc) is 2.34. The number of carbonyl (C=O) groups is 1. The summed E-state index contributed by atoms with van der Waals surface area (Å²) in [5.74, 6) is 0.502. The lowest BCUT2D eigenvalue weighted by Crippen LogP contribution is -2.22. The second-order valence-electron chi connectivity index (χ2n) is 6.59. The van der Waals surface area contributed by atoms with Gasteiger partial charge in [-0.15, -0.1) is 0 Å². The maximum Gasteiger partial charge on any atom is 0.311 e. The highest BCUT2D eigenvalue weighted by molar-refractivity contribution is 5.75. The van der Waals surface area contributed by atoms with E-state index in [2.05, 4.69) is 38.1 Å². The number of hydrogen-bond donors (Lipinski definition) is 0. The van der Waals surface area contributed by atoms with Crippen molar-refractivity contribution < 1.29 is 9.53 Å².